The number of rotatable bonds is 3. The third kappa shape index (κ3) is 2.30. The molecule has 1 aromatic carbocycles. The summed E-state index contributed by atoms with van der Waals surface area (Å²) >= 11 is 0. The van der Waals surface area contributed by atoms with Gasteiger partial charge in [0.1, 0.15) is 5.82 Å². The fourth-order valence-corrected chi connectivity index (χ4v) is 1.80. The lowest BCUT2D eigenvalue weighted by Gasteiger charge is -2.10. The number of hydrogen-bond donors (Lipinski definition) is 2. The molecule has 4 heteroatoms. The molecule has 0 bridgehead atoms. The van der Waals surface area contributed by atoms with Gasteiger partial charge in [-0.25, -0.2) is 4.39 Å². The van der Waals surface area contributed by atoms with E-state index in [0.29, 0.717) is 11.4 Å². The monoisotopic (exact) mass is 233 g/mol. The molecular formula is C13H16FN3. The van der Waals surface area contributed by atoms with Gasteiger partial charge < -0.3 is 5.32 Å². The van der Waals surface area contributed by atoms with E-state index in [9.17, 15) is 4.39 Å². The normalized spacial score (nSPS) is 10.9. The number of hydrogen-bond acceptors (Lipinski definition) is 2. The van der Waals surface area contributed by atoms with Gasteiger partial charge in [0.25, 0.3) is 0 Å². The summed E-state index contributed by atoms with van der Waals surface area (Å²) in [4.78, 5) is 0. The van der Waals surface area contributed by atoms with Crippen LogP contribution in [0, 0.1) is 12.7 Å². The lowest BCUT2D eigenvalue weighted by molar-refractivity contribution is 0.631. The molecule has 0 spiro atoms. The Bertz CT molecular complexity index is 517. The lowest BCUT2D eigenvalue weighted by Crippen LogP contribution is -2.10. The molecule has 3 nitrogen and oxygen atoms in total. The van der Waals surface area contributed by atoms with Gasteiger partial charge in [-0.3, -0.25) is 5.10 Å². The molecule has 2 rings (SSSR count). The largest absolute Gasteiger partial charge is 0.366 e. The molecule has 1 heterocycles. The van der Waals surface area contributed by atoms with E-state index in [-0.39, 0.29) is 11.9 Å². The van der Waals surface area contributed by atoms with Crippen LogP contribution in [-0.2, 0) is 0 Å². The van der Waals surface area contributed by atoms with Gasteiger partial charge in [0.2, 0.25) is 0 Å². The summed E-state index contributed by atoms with van der Waals surface area (Å²) in [5, 5.41) is 10.3. The molecule has 17 heavy (non-hydrogen) atoms. The van der Waals surface area contributed by atoms with Gasteiger partial charge in [-0.15, -0.1) is 0 Å². The number of aromatic nitrogens is 2. The summed E-state index contributed by atoms with van der Waals surface area (Å²) in [6.45, 7) is 5.94. The average Bonchev–Trinajstić information content (AvgIpc) is 2.60. The first-order chi connectivity index (χ1) is 8.09. The van der Waals surface area contributed by atoms with E-state index in [1.165, 1.54) is 6.07 Å². The van der Waals surface area contributed by atoms with E-state index in [2.05, 4.69) is 15.5 Å². The Morgan fingerprint density at radius 2 is 2.00 bits per heavy atom. The average molecular weight is 233 g/mol. The van der Waals surface area contributed by atoms with Gasteiger partial charge in [0, 0.05) is 22.9 Å². The Morgan fingerprint density at radius 1 is 1.29 bits per heavy atom. The van der Waals surface area contributed by atoms with E-state index < -0.39 is 0 Å². The van der Waals surface area contributed by atoms with Crippen LogP contribution in [0.5, 0.6) is 0 Å². The number of anilines is 1. The van der Waals surface area contributed by atoms with E-state index in [4.69, 9.17) is 0 Å². The maximum Gasteiger partial charge on any atom is 0.156 e. The lowest BCUT2D eigenvalue weighted by atomic mass is 10.1. The fourth-order valence-electron chi connectivity index (χ4n) is 1.80. The Kier molecular flexibility index (Phi) is 3.13. The second-order valence-corrected chi connectivity index (χ2v) is 4.35. The molecule has 0 fully saturated rings. The number of aryl methyl sites for hydroxylation is 1. The van der Waals surface area contributed by atoms with Crippen LogP contribution in [0.2, 0.25) is 0 Å². The molecule has 0 radical (unpaired) electrons. The Labute approximate surface area is 100 Å². The molecule has 1 aromatic heterocycles. The molecule has 90 valence electrons. The van der Waals surface area contributed by atoms with E-state index in [1.807, 2.05) is 26.8 Å². The summed E-state index contributed by atoms with van der Waals surface area (Å²) in [5.41, 5.74) is 2.23. The van der Waals surface area contributed by atoms with Crippen LogP contribution in [0.15, 0.2) is 24.3 Å². The van der Waals surface area contributed by atoms with Crippen molar-refractivity contribution in [3.05, 3.63) is 35.8 Å². The van der Waals surface area contributed by atoms with Crippen molar-refractivity contribution < 1.29 is 4.39 Å². The highest BCUT2D eigenvalue weighted by Crippen LogP contribution is 2.31. The summed E-state index contributed by atoms with van der Waals surface area (Å²) in [6, 6.07) is 6.98. The van der Waals surface area contributed by atoms with Crippen molar-refractivity contribution in [1.82, 2.24) is 10.2 Å². The van der Waals surface area contributed by atoms with Gasteiger partial charge in [-0.05, 0) is 26.8 Å². The third-order valence-corrected chi connectivity index (χ3v) is 2.52. The Balaban J connectivity index is 2.51. The van der Waals surface area contributed by atoms with Crippen LogP contribution in [0.4, 0.5) is 10.2 Å². The predicted octanol–water partition coefficient (Wildman–Crippen LogP) is 3.34. The van der Waals surface area contributed by atoms with Gasteiger partial charge in [0.05, 0.1) is 0 Å². The second-order valence-electron chi connectivity index (χ2n) is 4.35. The zero-order valence-electron chi connectivity index (χ0n) is 10.2. The minimum Gasteiger partial charge on any atom is -0.366 e. The van der Waals surface area contributed by atoms with Gasteiger partial charge in [-0.2, -0.15) is 5.10 Å². The summed E-state index contributed by atoms with van der Waals surface area (Å²) in [5.74, 6) is 0.464. The number of aromatic amines is 1. The first-order valence-corrected chi connectivity index (χ1v) is 5.66. The fraction of sp³-hybridized carbons (Fsp3) is 0.308. The minimum atomic E-state index is -0.233. The van der Waals surface area contributed by atoms with Crippen molar-refractivity contribution in [2.24, 2.45) is 0 Å². The number of nitrogens with one attached hydrogen (secondary N) is 2. The minimum absolute atomic E-state index is 0.233. The SMILES string of the molecule is Cc1[nH]nc(NC(C)C)c1-c1ccccc1F. The quantitative estimate of drug-likeness (QED) is 0.853. The first-order valence-electron chi connectivity index (χ1n) is 5.66. The Hall–Kier alpha value is -1.84. The van der Waals surface area contributed by atoms with Crippen molar-refractivity contribution >= 4 is 5.82 Å². The van der Waals surface area contributed by atoms with E-state index in [1.54, 1.807) is 12.1 Å². The summed E-state index contributed by atoms with van der Waals surface area (Å²) in [6.07, 6.45) is 0. The van der Waals surface area contributed by atoms with Crippen LogP contribution in [0.25, 0.3) is 11.1 Å². The number of nitrogens with zero attached hydrogens (tertiary/aromatic N) is 1. The summed E-state index contributed by atoms with van der Waals surface area (Å²) in [7, 11) is 0. The summed E-state index contributed by atoms with van der Waals surface area (Å²) < 4.78 is 13.8. The maximum atomic E-state index is 13.8. The molecule has 0 atom stereocenters. The molecule has 0 unspecified atom stereocenters. The van der Waals surface area contributed by atoms with Gasteiger partial charge in [-0.1, -0.05) is 18.2 Å². The highest BCUT2D eigenvalue weighted by Gasteiger charge is 2.15. The molecule has 0 aliphatic rings. The third-order valence-electron chi connectivity index (χ3n) is 2.52. The van der Waals surface area contributed by atoms with Crippen molar-refractivity contribution in [2.75, 3.05) is 5.32 Å². The van der Waals surface area contributed by atoms with Crippen LogP contribution in [0.3, 0.4) is 0 Å². The molecule has 0 aliphatic carbocycles. The second kappa shape index (κ2) is 4.57. The first kappa shape index (κ1) is 11.6. The highest BCUT2D eigenvalue weighted by atomic mass is 19.1. The maximum absolute atomic E-state index is 13.8. The zero-order valence-corrected chi connectivity index (χ0v) is 10.2. The molecule has 2 aromatic rings. The number of benzene rings is 1. The molecule has 2 N–H and O–H groups in total. The predicted molar refractivity (Wildman–Crippen MR) is 67.5 cm³/mol. The number of halogens is 1. The van der Waals surface area contributed by atoms with Crippen molar-refractivity contribution in [1.29, 1.82) is 0 Å². The van der Waals surface area contributed by atoms with Gasteiger partial charge >= 0.3 is 0 Å². The molecule has 0 saturated heterocycles. The zero-order chi connectivity index (χ0) is 12.4. The highest BCUT2D eigenvalue weighted by molar-refractivity contribution is 5.77. The van der Waals surface area contributed by atoms with Crippen LogP contribution in [-0.4, -0.2) is 16.2 Å². The topological polar surface area (TPSA) is 40.7 Å². The van der Waals surface area contributed by atoms with Crippen LogP contribution < -0.4 is 5.32 Å². The smallest absolute Gasteiger partial charge is 0.156 e. The number of H-pyrrole nitrogens is 1. The van der Waals surface area contributed by atoms with Crippen molar-refractivity contribution in [3.8, 4) is 11.1 Å². The van der Waals surface area contributed by atoms with E-state index >= 15 is 0 Å². The van der Waals surface area contributed by atoms with Crippen molar-refractivity contribution in [3.63, 3.8) is 0 Å². The standard InChI is InChI=1S/C13H16FN3/c1-8(2)15-13-12(9(3)16-17-13)10-6-4-5-7-11(10)14/h4-8H,1-3H3,(H2,15,16,17). The van der Waals surface area contributed by atoms with Crippen LogP contribution >= 0.6 is 0 Å². The van der Waals surface area contributed by atoms with Crippen LogP contribution in [0.1, 0.15) is 19.5 Å². The Morgan fingerprint density at radius 3 is 2.65 bits per heavy atom. The van der Waals surface area contributed by atoms with E-state index in [0.717, 1.165) is 11.3 Å². The van der Waals surface area contributed by atoms with Gasteiger partial charge in [0.15, 0.2) is 5.82 Å². The molecule has 0 aliphatic heterocycles. The molecule has 0 saturated carbocycles. The molecular weight excluding hydrogens is 217 g/mol. The van der Waals surface area contributed by atoms with Crippen molar-refractivity contribution in [2.45, 2.75) is 26.8 Å². The molecule has 0 amide bonds.